The molecule has 15 heteroatoms. The van der Waals surface area contributed by atoms with Crippen molar-refractivity contribution in [2.75, 3.05) is 6.61 Å². The fourth-order valence-corrected chi connectivity index (χ4v) is 7.49. The smallest absolute Gasteiger partial charge is 0.293 e. The Morgan fingerprint density at radius 3 is 2.54 bits per heavy atom. The molecule has 3 aromatic heterocycles. The number of benzene rings is 1. The molecule has 1 N–H and O–H groups in total. The average molecular weight is 729 g/mol. The topological polar surface area (TPSA) is 74.0 Å². The highest BCUT2D eigenvalue weighted by Crippen LogP contribution is 2.68. The lowest BCUT2D eigenvalue weighted by atomic mass is 10.0. The fourth-order valence-electron chi connectivity index (χ4n) is 6.12. The monoisotopic (exact) mass is 727 g/mol. The number of pyridine rings is 1. The highest BCUT2D eigenvalue weighted by molar-refractivity contribution is 9.10. The number of ether oxygens (including phenoxy) is 1. The minimum Gasteiger partial charge on any atom is -0.361 e. The predicted octanol–water partition coefficient (Wildman–Crippen LogP) is 7.83. The van der Waals surface area contributed by atoms with Crippen LogP contribution in [0, 0.1) is 17.6 Å². The first-order valence-electron chi connectivity index (χ1n) is 14.9. The van der Waals surface area contributed by atoms with E-state index in [1.54, 1.807) is 10.6 Å². The number of fused-ring (bicyclic) bond motifs is 4. The molecule has 246 valence electrons. The van der Waals surface area contributed by atoms with Crippen molar-refractivity contribution in [1.82, 2.24) is 24.6 Å². The number of alkyl halides is 4. The van der Waals surface area contributed by atoms with E-state index in [2.05, 4.69) is 46.0 Å². The van der Waals surface area contributed by atoms with Crippen molar-refractivity contribution in [3.63, 3.8) is 0 Å². The normalized spacial score (nSPS) is 19.0. The van der Waals surface area contributed by atoms with Gasteiger partial charge in [0.2, 0.25) is 5.91 Å². The van der Waals surface area contributed by atoms with E-state index in [-0.39, 0.29) is 30.7 Å². The Kier molecular flexibility index (Phi) is 8.63. The number of rotatable bonds is 12. The summed E-state index contributed by atoms with van der Waals surface area (Å²) in [6, 6.07) is 6.55. The summed E-state index contributed by atoms with van der Waals surface area (Å²) in [4.78, 5) is 18.2. The third kappa shape index (κ3) is 6.50. The molecule has 3 heterocycles. The molecule has 1 amide bonds. The SMILES string of the molecule is C[Si](C)(C)CCOCn1ccc2cc(Br)c([C@@H](Cc3cc(F)cc(F)c3)NC(=O)Cn3nc(C(F)F)c4c3C(F)(F)[C@@H]3C[C@H]43)nc21. The maximum Gasteiger partial charge on any atom is 0.293 e. The molecule has 0 bridgehead atoms. The summed E-state index contributed by atoms with van der Waals surface area (Å²) in [6.45, 7) is 6.78. The van der Waals surface area contributed by atoms with Gasteiger partial charge in [-0.15, -0.1) is 0 Å². The number of hydrogen-bond donors (Lipinski definition) is 1. The van der Waals surface area contributed by atoms with Crippen LogP contribution in [0.2, 0.25) is 25.7 Å². The summed E-state index contributed by atoms with van der Waals surface area (Å²) in [5.41, 5.74) is -0.530. The van der Waals surface area contributed by atoms with Gasteiger partial charge in [-0.3, -0.25) is 9.48 Å². The Labute approximate surface area is 270 Å². The minimum atomic E-state index is -3.39. The number of amides is 1. The lowest BCUT2D eigenvalue weighted by molar-refractivity contribution is -0.123. The van der Waals surface area contributed by atoms with Crippen molar-refractivity contribution >= 4 is 40.9 Å². The van der Waals surface area contributed by atoms with Gasteiger partial charge in [0.15, 0.2) is 0 Å². The number of hydrogen-bond acceptors (Lipinski definition) is 4. The van der Waals surface area contributed by atoms with Gasteiger partial charge in [0.25, 0.3) is 12.3 Å². The highest BCUT2D eigenvalue weighted by Gasteiger charge is 2.67. The molecular formula is C31H32BrF6N5O2Si. The van der Waals surface area contributed by atoms with Gasteiger partial charge in [-0.05, 0) is 70.6 Å². The number of carbonyl (C=O) groups is 1. The van der Waals surface area contributed by atoms with Gasteiger partial charge in [-0.1, -0.05) is 19.6 Å². The Hall–Kier alpha value is -3.17. The van der Waals surface area contributed by atoms with Crippen LogP contribution in [-0.4, -0.2) is 39.9 Å². The van der Waals surface area contributed by atoms with Gasteiger partial charge >= 0.3 is 0 Å². The molecule has 1 aromatic carbocycles. The first-order chi connectivity index (χ1) is 21.6. The zero-order valence-corrected chi connectivity index (χ0v) is 27.9. The summed E-state index contributed by atoms with van der Waals surface area (Å²) in [6.07, 6.45) is -1.30. The summed E-state index contributed by atoms with van der Waals surface area (Å²) in [5.74, 6) is -7.63. The third-order valence-corrected chi connectivity index (χ3v) is 10.8. The summed E-state index contributed by atoms with van der Waals surface area (Å²) in [7, 11) is -1.31. The van der Waals surface area contributed by atoms with Crippen molar-refractivity contribution in [3.05, 3.63) is 80.8 Å². The van der Waals surface area contributed by atoms with Crippen LogP contribution in [0.1, 0.15) is 53.0 Å². The van der Waals surface area contributed by atoms with Crippen LogP contribution in [0.5, 0.6) is 0 Å². The number of carbonyl (C=O) groups excluding carboxylic acids is 1. The van der Waals surface area contributed by atoms with E-state index in [1.165, 1.54) is 0 Å². The van der Waals surface area contributed by atoms with E-state index < -0.39 is 73.8 Å². The lowest BCUT2D eigenvalue weighted by Crippen LogP contribution is -2.35. The van der Waals surface area contributed by atoms with Crippen LogP contribution in [0.15, 0.2) is 41.0 Å². The van der Waals surface area contributed by atoms with E-state index in [4.69, 9.17) is 9.72 Å². The summed E-state index contributed by atoms with van der Waals surface area (Å²) >= 11 is 3.50. The molecule has 7 nitrogen and oxygen atoms in total. The molecule has 0 spiro atoms. The quantitative estimate of drug-likeness (QED) is 0.0918. The maximum atomic E-state index is 15.1. The highest BCUT2D eigenvalue weighted by atomic mass is 79.9. The zero-order valence-electron chi connectivity index (χ0n) is 25.3. The van der Waals surface area contributed by atoms with E-state index in [0.717, 1.165) is 29.6 Å². The number of aromatic nitrogens is 4. The molecule has 46 heavy (non-hydrogen) atoms. The van der Waals surface area contributed by atoms with Crippen LogP contribution in [-0.2, 0) is 35.2 Å². The van der Waals surface area contributed by atoms with Crippen molar-refractivity contribution in [2.24, 2.45) is 5.92 Å². The van der Waals surface area contributed by atoms with Crippen LogP contribution in [0.3, 0.4) is 0 Å². The summed E-state index contributed by atoms with van der Waals surface area (Å²) in [5, 5.41) is 7.22. The minimum absolute atomic E-state index is 0.0944. The van der Waals surface area contributed by atoms with Gasteiger partial charge in [0, 0.05) is 48.3 Å². The lowest BCUT2D eigenvalue weighted by Gasteiger charge is -2.21. The van der Waals surface area contributed by atoms with E-state index in [1.807, 2.05) is 12.3 Å². The van der Waals surface area contributed by atoms with E-state index in [0.29, 0.717) is 27.1 Å². The van der Waals surface area contributed by atoms with Gasteiger partial charge in [0.05, 0.1) is 11.7 Å². The standard InChI is InChI=1S/C31H32BrF6N5O2Si/c1-46(2,3)7-6-45-15-42-5-4-17-11-22(32)26(40-30(17)42)23(10-16-8-18(33)12-19(34)9-16)39-24(44)14-43-28-25(27(41-43)29(35)36)20-13-21(20)31(28,37)38/h4-5,8-9,11-12,20-21,23,29H,6-7,10,13-15H2,1-3H3,(H,39,44)/t20-,21+,23+/m0/s1. The van der Waals surface area contributed by atoms with Gasteiger partial charge in [0.1, 0.15) is 41.9 Å². The van der Waals surface area contributed by atoms with Crippen LogP contribution in [0.25, 0.3) is 11.0 Å². The zero-order chi connectivity index (χ0) is 33.1. The van der Waals surface area contributed by atoms with Crippen molar-refractivity contribution < 1.29 is 35.9 Å². The van der Waals surface area contributed by atoms with Crippen molar-refractivity contribution in [2.45, 2.75) is 76.1 Å². The molecular weight excluding hydrogens is 696 g/mol. The Morgan fingerprint density at radius 1 is 1.15 bits per heavy atom. The average Bonchev–Trinajstić information content (AvgIpc) is 3.43. The molecule has 0 saturated heterocycles. The molecule has 4 aromatic rings. The maximum absolute atomic E-state index is 15.1. The Bertz CT molecular complexity index is 1790. The number of nitrogens with zero attached hydrogens (tertiary/aromatic N) is 4. The van der Waals surface area contributed by atoms with Crippen LogP contribution < -0.4 is 5.32 Å². The summed E-state index contributed by atoms with van der Waals surface area (Å²) < 4.78 is 94.9. The molecule has 2 aliphatic carbocycles. The number of nitrogens with one attached hydrogen (secondary N) is 1. The van der Waals surface area contributed by atoms with Crippen molar-refractivity contribution in [1.29, 1.82) is 0 Å². The molecule has 1 saturated carbocycles. The van der Waals surface area contributed by atoms with Crippen LogP contribution in [0.4, 0.5) is 26.3 Å². The molecule has 1 fully saturated rings. The second-order valence-electron chi connectivity index (χ2n) is 13.2. The molecule has 2 aliphatic rings. The van der Waals surface area contributed by atoms with Gasteiger partial charge in [-0.25, -0.2) is 22.5 Å². The first kappa shape index (κ1) is 32.8. The van der Waals surface area contributed by atoms with E-state index >= 15 is 8.78 Å². The predicted molar refractivity (Wildman–Crippen MR) is 164 cm³/mol. The van der Waals surface area contributed by atoms with E-state index in [9.17, 15) is 22.4 Å². The Balaban J connectivity index is 1.30. The second-order valence-corrected chi connectivity index (χ2v) is 19.7. The molecule has 0 radical (unpaired) electrons. The largest absolute Gasteiger partial charge is 0.361 e. The van der Waals surface area contributed by atoms with Gasteiger partial charge < -0.3 is 14.6 Å². The van der Waals surface area contributed by atoms with Gasteiger partial charge in [-0.2, -0.15) is 13.9 Å². The van der Waals surface area contributed by atoms with Crippen molar-refractivity contribution in [3.8, 4) is 0 Å². The second kappa shape index (κ2) is 12.1. The molecule has 0 aliphatic heterocycles. The Morgan fingerprint density at radius 2 is 1.87 bits per heavy atom. The van der Waals surface area contributed by atoms with Crippen LogP contribution >= 0.6 is 15.9 Å². The molecule has 0 unspecified atom stereocenters. The first-order valence-corrected chi connectivity index (χ1v) is 19.4. The fraction of sp³-hybridized carbons (Fsp3) is 0.452. The number of halogens is 7. The molecule has 6 rings (SSSR count). The third-order valence-electron chi connectivity index (χ3n) is 8.43. The molecule has 3 atom stereocenters.